The maximum atomic E-state index is 13.3. The molecule has 2 rings (SSSR count). The second kappa shape index (κ2) is 7.23. The lowest BCUT2D eigenvalue weighted by Crippen LogP contribution is -2.13. The molecule has 122 valence electrons. The van der Waals surface area contributed by atoms with Crippen LogP contribution in [0.25, 0.3) is 0 Å². The molecular weight excluding hydrogens is 323 g/mol. The lowest BCUT2D eigenvalue weighted by atomic mass is 10.2. The Labute approximate surface area is 133 Å². The summed E-state index contributed by atoms with van der Waals surface area (Å²) in [4.78, 5) is 11.9. The molecule has 0 bridgehead atoms. The normalized spacial score (nSPS) is 11.0. The molecule has 0 atom stereocenters. The molecule has 0 heterocycles. The van der Waals surface area contributed by atoms with Crippen LogP contribution in [0, 0.1) is 5.82 Å². The van der Waals surface area contributed by atoms with Gasteiger partial charge in [0.15, 0.2) is 21.4 Å². The predicted molar refractivity (Wildman–Crippen MR) is 81.7 cm³/mol. The number of carbonyl (C=O) groups is 1. The van der Waals surface area contributed by atoms with Crippen molar-refractivity contribution in [3.8, 4) is 5.75 Å². The molecule has 0 unspecified atom stereocenters. The van der Waals surface area contributed by atoms with Gasteiger partial charge in [0.05, 0.1) is 10.5 Å². The predicted octanol–water partition coefficient (Wildman–Crippen LogP) is 2.47. The highest BCUT2D eigenvalue weighted by Crippen LogP contribution is 2.15. The van der Waals surface area contributed by atoms with Gasteiger partial charge in [-0.25, -0.2) is 17.6 Å². The van der Waals surface area contributed by atoms with Gasteiger partial charge in [0.1, 0.15) is 13.2 Å². The molecule has 0 spiro atoms. The molecule has 0 amide bonds. The van der Waals surface area contributed by atoms with Crippen LogP contribution in [0.4, 0.5) is 4.39 Å². The molecule has 2 aromatic carbocycles. The molecule has 23 heavy (non-hydrogen) atoms. The molecule has 0 N–H and O–H groups in total. The first-order chi connectivity index (χ1) is 10.9. The first-order valence-corrected chi connectivity index (χ1v) is 8.61. The Kier molecular flexibility index (Phi) is 5.33. The molecule has 7 heteroatoms. The van der Waals surface area contributed by atoms with E-state index in [1.54, 1.807) is 6.07 Å². The molecule has 2 aromatic rings. The van der Waals surface area contributed by atoms with Crippen LogP contribution in [0.3, 0.4) is 0 Å². The highest BCUT2D eigenvalue weighted by atomic mass is 32.2. The summed E-state index contributed by atoms with van der Waals surface area (Å²) in [6.07, 6.45) is 1.06. The summed E-state index contributed by atoms with van der Waals surface area (Å²) in [5, 5.41) is 0. The standard InChI is InChI=1S/C16H15FO5S/c1-23(19,20)13-6-4-5-12(11-13)16(18)22-10-9-21-15-8-3-2-7-14(15)17/h2-8,11H,9-10H2,1H3. The van der Waals surface area contributed by atoms with Crippen LogP contribution >= 0.6 is 0 Å². The van der Waals surface area contributed by atoms with Gasteiger partial charge in [0.25, 0.3) is 0 Å². The van der Waals surface area contributed by atoms with Crippen LogP contribution in [-0.4, -0.2) is 33.9 Å². The number of esters is 1. The summed E-state index contributed by atoms with van der Waals surface area (Å²) in [5.74, 6) is -1.10. The van der Waals surface area contributed by atoms with Crippen molar-refractivity contribution in [1.82, 2.24) is 0 Å². The van der Waals surface area contributed by atoms with Gasteiger partial charge < -0.3 is 9.47 Å². The Morgan fingerprint density at radius 3 is 2.52 bits per heavy atom. The fourth-order valence-electron chi connectivity index (χ4n) is 1.78. The first kappa shape index (κ1) is 17.0. The van der Waals surface area contributed by atoms with E-state index >= 15 is 0 Å². The van der Waals surface area contributed by atoms with Crippen molar-refractivity contribution in [3.63, 3.8) is 0 Å². The smallest absolute Gasteiger partial charge is 0.338 e. The maximum Gasteiger partial charge on any atom is 0.338 e. The van der Waals surface area contributed by atoms with Gasteiger partial charge in [-0.2, -0.15) is 0 Å². The van der Waals surface area contributed by atoms with Crippen LogP contribution in [0.1, 0.15) is 10.4 Å². The molecule has 0 aromatic heterocycles. The zero-order chi connectivity index (χ0) is 16.9. The van der Waals surface area contributed by atoms with Crippen molar-refractivity contribution in [2.45, 2.75) is 4.90 Å². The molecule has 0 saturated carbocycles. The average Bonchev–Trinajstić information content (AvgIpc) is 2.52. The van der Waals surface area contributed by atoms with Crippen LogP contribution in [0.5, 0.6) is 5.75 Å². The van der Waals surface area contributed by atoms with E-state index in [4.69, 9.17) is 9.47 Å². The van der Waals surface area contributed by atoms with Crippen molar-refractivity contribution in [3.05, 3.63) is 59.9 Å². The Morgan fingerprint density at radius 2 is 1.83 bits per heavy atom. The van der Waals surface area contributed by atoms with Crippen molar-refractivity contribution in [2.75, 3.05) is 19.5 Å². The van der Waals surface area contributed by atoms with Crippen LogP contribution in [0.2, 0.25) is 0 Å². The zero-order valence-corrected chi connectivity index (χ0v) is 13.2. The minimum absolute atomic E-state index is 0.0154. The summed E-state index contributed by atoms with van der Waals surface area (Å²) in [6.45, 7) is -0.102. The number of carbonyl (C=O) groups excluding carboxylic acids is 1. The van der Waals surface area contributed by atoms with Crippen LogP contribution in [0.15, 0.2) is 53.4 Å². The molecule has 0 fully saturated rings. The van der Waals surface area contributed by atoms with E-state index in [0.717, 1.165) is 6.26 Å². The van der Waals surface area contributed by atoms with Gasteiger partial charge in [0, 0.05) is 6.26 Å². The SMILES string of the molecule is CS(=O)(=O)c1cccc(C(=O)OCCOc2ccccc2F)c1. The Bertz CT molecular complexity index is 802. The van der Waals surface area contributed by atoms with Crippen LogP contribution in [-0.2, 0) is 14.6 Å². The minimum atomic E-state index is -3.40. The molecule has 5 nitrogen and oxygen atoms in total. The first-order valence-electron chi connectivity index (χ1n) is 6.72. The van der Waals surface area contributed by atoms with Crippen LogP contribution < -0.4 is 4.74 Å². The molecule has 0 aliphatic heterocycles. The third-order valence-corrected chi connectivity index (χ3v) is 4.02. The molecule has 0 radical (unpaired) electrons. The fraction of sp³-hybridized carbons (Fsp3) is 0.188. The quantitative estimate of drug-likeness (QED) is 0.598. The zero-order valence-electron chi connectivity index (χ0n) is 12.4. The number of halogens is 1. The lowest BCUT2D eigenvalue weighted by molar-refractivity contribution is 0.0448. The van der Waals surface area contributed by atoms with E-state index in [1.165, 1.54) is 42.5 Å². The van der Waals surface area contributed by atoms with Gasteiger partial charge in [-0.05, 0) is 30.3 Å². The second-order valence-electron chi connectivity index (χ2n) is 4.71. The number of para-hydroxylation sites is 1. The lowest BCUT2D eigenvalue weighted by Gasteiger charge is -2.08. The van der Waals surface area contributed by atoms with Gasteiger partial charge >= 0.3 is 5.97 Å². The third kappa shape index (κ3) is 4.79. The maximum absolute atomic E-state index is 13.3. The highest BCUT2D eigenvalue weighted by Gasteiger charge is 2.12. The molecule has 0 aliphatic carbocycles. The van der Waals surface area contributed by atoms with Crippen molar-refractivity contribution >= 4 is 15.8 Å². The Morgan fingerprint density at radius 1 is 1.09 bits per heavy atom. The monoisotopic (exact) mass is 338 g/mol. The van der Waals surface area contributed by atoms with Gasteiger partial charge in [-0.1, -0.05) is 18.2 Å². The summed E-state index contributed by atoms with van der Waals surface area (Å²) in [6, 6.07) is 11.4. The van der Waals surface area contributed by atoms with Crippen molar-refractivity contribution in [2.24, 2.45) is 0 Å². The number of rotatable bonds is 6. The average molecular weight is 338 g/mol. The van der Waals surface area contributed by atoms with Gasteiger partial charge in [0.2, 0.25) is 0 Å². The van der Waals surface area contributed by atoms with Crippen molar-refractivity contribution < 1.29 is 27.1 Å². The summed E-state index contributed by atoms with van der Waals surface area (Å²) in [7, 11) is -3.40. The third-order valence-electron chi connectivity index (χ3n) is 2.91. The van der Waals surface area contributed by atoms with E-state index in [-0.39, 0.29) is 29.4 Å². The van der Waals surface area contributed by atoms with Gasteiger partial charge in [-0.15, -0.1) is 0 Å². The number of ether oxygens (including phenoxy) is 2. The summed E-state index contributed by atoms with van der Waals surface area (Å²) < 4.78 is 46.3. The van der Waals surface area contributed by atoms with E-state index in [2.05, 4.69) is 0 Å². The Hall–Kier alpha value is -2.41. The Balaban J connectivity index is 1.89. The fourth-order valence-corrected chi connectivity index (χ4v) is 2.45. The second-order valence-corrected chi connectivity index (χ2v) is 6.73. The van der Waals surface area contributed by atoms with E-state index in [9.17, 15) is 17.6 Å². The molecule has 0 aliphatic rings. The highest BCUT2D eigenvalue weighted by molar-refractivity contribution is 7.90. The molecule has 0 saturated heterocycles. The topological polar surface area (TPSA) is 69.7 Å². The number of benzene rings is 2. The molecular formula is C16H15FO5S. The number of sulfone groups is 1. The summed E-state index contributed by atoms with van der Waals surface area (Å²) in [5.41, 5.74) is 0.124. The minimum Gasteiger partial charge on any atom is -0.487 e. The number of hydrogen-bond donors (Lipinski definition) is 0. The summed E-state index contributed by atoms with van der Waals surface area (Å²) >= 11 is 0. The van der Waals surface area contributed by atoms with Crippen molar-refractivity contribution in [1.29, 1.82) is 0 Å². The largest absolute Gasteiger partial charge is 0.487 e. The van der Waals surface area contributed by atoms with E-state index in [0.29, 0.717) is 0 Å². The van der Waals surface area contributed by atoms with E-state index in [1.807, 2.05) is 0 Å². The van der Waals surface area contributed by atoms with E-state index < -0.39 is 21.6 Å². The number of hydrogen-bond acceptors (Lipinski definition) is 5. The van der Waals surface area contributed by atoms with Gasteiger partial charge in [-0.3, -0.25) is 0 Å².